The highest BCUT2D eigenvalue weighted by atomic mass is 16.3. The molecule has 3 heteroatoms. The maximum Gasteiger partial charge on any atom is 0.198 e. The maximum absolute atomic E-state index is 12.7. The monoisotopic (exact) mass is 296 g/mol. The lowest BCUT2D eigenvalue weighted by molar-refractivity contribution is 0.0776. The molecule has 1 aliphatic carbocycles. The summed E-state index contributed by atoms with van der Waals surface area (Å²) in [5.74, 6) is 0.658. The molecule has 3 rings (SSSR count). The van der Waals surface area contributed by atoms with Crippen molar-refractivity contribution in [1.82, 2.24) is 0 Å². The molecular formula is C19H20O3. The van der Waals surface area contributed by atoms with Gasteiger partial charge in [0.1, 0.15) is 0 Å². The van der Waals surface area contributed by atoms with Crippen LogP contribution in [0, 0.1) is 11.8 Å². The van der Waals surface area contributed by atoms with E-state index in [9.17, 15) is 9.59 Å². The number of carbonyl (C=O) groups excluding carboxylic acids is 2. The number of Topliss-reactive ketones (excluding diaryl/α,β-unsaturated/α-hetero) is 2. The zero-order chi connectivity index (χ0) is 15.4. The number of benzene rings is 1. The molecule has 22 heavy (non-hydrogen) atoms. The van der Waals surface area contributed by atoms with E-state index in [0.717, 1.165) is 31.2 Å². The van der Waals surface area contributed by atoms with Gasteiger partial charge in [-0.3, -0.25) is 9.59 Å². The summed E-state index contributed by atoms with van der Waals surface area (Å²) in [7, 11) is 0. The van der Waals surface area contributed by atoms with E-state index in [1.165, 1.54) is 6.26 Å². The van der Waals surface area contributed by atoms with Gasteiger partial charge in [0.15, 0.2) is 17.3 Å². The molecule has 1 fully saturated rings. The first-order valence-corrected chi connectivity index (χ1v) is 7.91. The van der Waals surface area contributed by atoms with Gasteiger partial charge in [0, 0.05) is 17.9 Å². The Morgan fingerprint density at radius 1 is 1.00 bits per heavy atom. The molecule has 0 radical (unpaired) electrons. The van der Waals surface area contributed by atoms with Crippen molar-refractivity contribution in [3.63, 3.8) is 0 Å². The summed E-state index contributed by atoms with van der Waals surface area (Å²) in [6, 6.07) is 12.8. The van der Waals surface area contributed by atoms with E-state index in [2.05, 4.69) is 0 Å². The lowest BCUT2D eigenvalue weighted by atomic mass is 9.73. The highest BCUT2D eigenvalue weighted by Crippen LogP contribution is 2.35. The van der Waals surface area contributed by atoms with Gasteiger partial charge in [-0.15, -0.1) is 0 Å². The zero-order valence-electron chi connectivity index (χ0n) is 12.5. The SMILES string of the molecule is O=C(C[C@@H]1CCCC[C@H]1C(=O)c1ccccc1)c1ccco1. The summed E-state index contributed by atoms with van der Waals surface area (Å²) < 4.78 is 5.18. The van der Waals surface area contributed by atoms with Crippen LogP contribution in [0.15, 0.2) is 53.1 Å². The average molecular weight is 296 g/mol. The summed E-state index contributed by atoms with van der Waals surface area (Å²) in [6.45, 7) is 0. The van der Waals surface area contributed by atoms with E-state index in [4.69, 9.17) is 4.42 Å². The smallest absolute Gasteiger partial charge is 0.198 e. The van der Waals surface area contributed by atoms with Crippen LogP contribution < -0.4 is 0 Å². The number of ketones is 2. The summed E-state index contributed by atoms with van der Waals surface area (Å²) >= 11 is 0. The molecule has 0 spiro atoms. The molecule has 1 heterocycles. The Balaban J connectivity index is 1.74. The summed E-state index contributed by atoms with van der Waals surface area (Å²) in [6.07, 6.45) is 5.89. The van der Waals surface area contributed by atoms with Crippen LogP contribution in [-0.2, 0) is 0 Å². The number of furan rings is 1. The Kier molecular flexibility index (Phi) is 4.52. The van der Waals surface area contributed by atoms with Crippen molar-refractivity contribution >= 4 is 11.6 Å². The van der Waals surface area contributed by atoms with E-state index in [-0.39, 0.29) is 23.4 Å². The third-order valence-corrected chi connectivity index (χ3v) is 4.55. The molecule has 114 valence electrons. The molecule has 0 aliphatic heterocycles. The van der Waals surface area contributed by atoms with Crippen LogP contribution >= 0.6 is 0 Å². The van der Waals surface area contributed by atoms with Gasteiger partial charge in [-0.25, -0.2) is 0 Å². The first-order valence-electron chi connectivity index (χ1n) is 7.91. The van der Waals surface area contributed by atoms with E-state index in [1.54, 1.807) is 12.1 Å². The summed E-state index contributed by atoms with van der Waals surface area (Å²) in [5, 5.41) is 0. The van der Waals surface area contributed by atoms with Crippen LogP contribution in [-0.4, -0.2) is 11.6 Å². The Morgan fingerprint density at radius 2 is 1.77 bits per heavy atom. The van der Waals surface area contributed by atoms with E-state index < -0.39 is 0 Å². The number of carbonyl (C=O) groups is 2. The maximum atomic E-state index is 12.7. The largest absolute Gasteiger partial charge is 0.461 e. The quantitative estimate of drug-likeness (QED) is 0.761. The zero-order valence-corrected chi connectivity index (χ0v) is 12.5. The fraction of sp³-hybridized carbons (Fsp3) is 0.368. The molecule has 1 aromatic heterocycles. The van der Waals surface area contributed by atoms with Crippen molar-refractivity contribution in [2.75, 3.05) is 0 Å². The van der Waals surface area contributed by atoms with Crippen molar-refractivity contribution in [3.05, 3.63) is 60.1 Å². The minimum atomic E-state index is -0.0462. The topological polar surface area (TPSA) is 47.3 Å². The minimum Gasteiger partial charge on any atom is -0.461 e. The van der Waals surface area contributed by atoms with Gasteiger partial charge in [-0.1, -0.05) is 43.2 Å². The first kappa shape index (κ1) is 14.8. The van der Waals surface area contributed by atoms with Gasteiger partial charge in [0.05, 0.1) is 6.26 Å². The molecule has 1 aliphatic rings. The van der Waals surface area contributed by atoms with Crippen LogP contribution in [0.5, 0.6) is 0 Å². The molecule has 0 saturated heterocycles. The third-order valence-electron chi connectivity index (χ3n) is 4.55. The van der Waals surface area contributed by atoms with E-state index >= 15 is 0 Å². The second-order valence-electron chi connectivity index (χ2n) is 5.99. The highest BCUT2D eigenvalue weighted by molar-refractivity contribution is 5.99. The third kappa shape index (κ3) is 3.19. The number of rotatable bonds is 5. The van der Waals surface area contributed by atoms with Gasteiger partial charge in [-0.05, 0) is 30.9 Å². The Bertz CT molecular complexity index is 628. The van der Waals surface area contributed by atoms with Crippen molar-refractivity contribution < 1.29 is 14.0 Å². The molecule has 0 amide bonds. The molecule has 1 saturated carbocycles. The van der Waals surface area contributed by atoms with Gasteiger partial charge >= 0.3 is 0 Å². The van der Waals surface area contributed by atoms with Crippen LogP contribution in [0.2, 0.25) is 0 Å². The average Bonchev–Trinajstić information content (AvgIpc) is 3.10. The Hall–Kier alpha value is -2.16. The highest BCUT2D eigenvalue weighted by Gasteiger charge is 2.33. The molecule has 2 aromatic rings. The van der Waals surface area contributed by atoms with Crippen LogP contribution in [0.1, 0.15) is 53.0 Å². The Morgan fingerprint density at radius 3 is 2.50 bits per heavy atom. The van der Waals surface area contributed by atoms with Crippen LogP contribution in [0.25, 0.3) is 0 Å². The number of hydrogen-bond acceptors (Lipinski definition) is 3. The molecule has 3 nitrogen and oxygen atoms in total. The second-order valence-corrected chi connectivity index (χ2v) is 5.99. The van der Waals surface area contributed by atoms with Crippen LogP contribution in [0.3, 0.4) is 0 Å². The molecule has 2 atom stereocenters. The molecular weight excluding hydrogens is 276 g/mol. The predicted octanol–water partition coefficient (Wildman–Crippen LogP) is 4.54. The van der Waals surface area contributed by atoms with Crippen molar-refractivity contribution in [1.29, 1.82) is 0 Å². The Labute approximate surface area is 130 Å². The minimum absolute atomic E-state index is 0.00256. The summed E-state index contributed by atoms with van der Waals surface area (Å²) in [5.41, 5.74) is 0.754. The fourth-order valence-corrected chi connectivity index (χ4v) is 3.39. The lowest BCUT2D eigenvalue weighted by Crippen LogP contribution is -2.29. The van der Waals surface area contributed by atoms with Gasteiger partial charge in [-0.2, -0.15) is 0 Å². The van der Waals surface area contributed by atoms with Gasteiger partial charge in [0.25, 0.3) is 0 Å². The standard InChI is InChI=1S/C19H20O3/c20-17(18-11-6-12-22-18)13-15-9-4-5-10-16(15)19(21)14-7-2-1-3-8-14/h1-3,6-8,11-12,15-16H,4-5,9-10,13H2/t15-,16+/m0/s1. The number of hydrogen-bond donors (Lipinski definition) is 0. The second kappa shape index (κ2) is 6.73. The van der Waals surface area contributed by atoms with E-state index in [0.29, 0.717) is 12.2 Å². The van der Waals surface area contributed by atoms with Gasteiger partial charge < -0.3 is 4.42 Å². The van der Waals surface area contributed by atoms with Crippen LogP contribution in [0.4, 0.5) is 0 Å². The molecule has 0 unspecified atom stereocenters. The van der Waals surface area contributed by atoms with Crippen molar-refractivity contribution in [2.45, 2.75) is 32.1 Å². The predicted molar refractivity (Wildman–Crippen MR) is 83.9 cm³/mol. The fourth-order valence-electron chi connectivity index (χ4n) is 3.39. The first-order chi connectivity index (χ1) is 10.8. The van der Waals surface area contributed by atoms with Crippen molar-refractivity contribution in [2.24, 2.45) is 11.8 Å². The van der Waals surface area contributed by atoms with Crippen molar-refractivity contribution in [3.8, 4) is 0 Å². The lowest BCUT2D eigenvalue weighted by Gasteiger charge is -2.30. The normalized spacial score (nSPS) is 21.5. The summed E-state index contributed by atoms with van der Waals surface area (Å²) in [4.78, 5) is 25.0. The van der Waals surface area contributed by atoms with E-state index in [1.807, 2.05) is 30.3 Å². The molecule has 1 aromatic carbocycles. The van der Waals surface area contributed by atoms with Gasteiger partial charge in [0.2, 0.25) is 0 Å². The molecule has 0 bridgehead atoms. The molecule has 0 N–H and O–H groups in total.